The Morgan fingerprint density at radius 3 is 2.85 bits per heavy atom. The fourth-order valence-corrected chi connectivity index (χ4v) is 3.01. The molecular weight excluding hydrogens is 328 g/mol. The van der Waals surface area contributed by atoms with Crippen molar-refractivity contribution in [2.24, 2.45) is 11.8 Å². The average Bonchev–Trinajstić information content (AvgIpc) is 2.95. The number of carboxylic acids is 1. The van der Waals surface area contributed by atoms with Crippen molar-refractivity contribution >= 4 is 11.8 Å². The standard InChI is InChI=1S/C22H30O4/c1-3-5-11-19(23)12-8-10-18-14-15-21(24)20(18)16-17(4-2)9-6-7-13-22(25)26/h2,8-10,14-15,18-20,23H,3,5-7,11-13,16H2,1H3,(H,25,26)/t18-,19?,20+/m0/s1. The smallest absolute Gasteiger partial charge is 0.303 e. The Kier molecular flexibility index (Phi) is 10.3. The van der Waals surface area contributed by atoms with Crippen molar-refractivity contribution < 1.29 is 19.8 Å². The highest BCUT2D eigenvalue weighted by Crippen LogP contribution is 2.30. The molecule has 0 aromatic carbocycles. The Hall–Kier alpha value is -2.12. The highest BCUT2D eigenvalue weighted by atomic mass is 16.4. The highest BCUT2D eigenvalue weighted by molar-refractivity contribution is 5.95. The molecule has 4 heteroatoms. The van der Waals surface area contributed by atoms with Crippen LogP contribution < -0.4 is 0 Å². The first kappa shape index (κ1) is 21.9. The van der Waals surface area contributed by atoms with E-state index in [-0.39, 0.29) is 30.1 Å². The van der Waals surface area contributed by atoms with Gasteiger partial charge in [-0.15, -0.1) is 6.42 Å². The minimum atomic E-state index is -0.817. The third-order valence-corrected chi connectivity index (χ3v) is 4.58. The summed E-state index contributed by atoms with van der Waals surface area (Å²) in [6.07, 6.45) is 19.7. The van der Waals surface area contributed by atoms with Gasteiger partial charge in [0.05, 0.1) is 6.10 Å². The number of ketones is 1. The summed E-state index contributed by atoms with van der Waals surface area (Å²) in [5.74, 6) is 1.66. The number of carbonyl (C=O) groups is 2. The van der Waals surface area contributed by atoms with Crippen LogP contribution in [-0.2, 0) is 9.59 Å². The Balaban J connectivity index is 2.56. The minimum absolute atomic E-state index is 0.00311. The van der Waals surface area contributed by atoms with Gasteiger partial charge in [-0.05, 0) is 43.8 Å². The van der Waals surface area contributed by atoms with E-state index in [0.717, 1.165) is 24.8 Å². The zero-order valence-electron chi connectivity index (χ0n) is 15.6. The summed E-state index contributed by atoms with van der Waals surface area (Å²) in [6.45, 7) is 2.10. The number of aliphatic carboxylic acids is 1. The number of aliphatic hydroxyl groups is 1. The number of carbonyl (C=O) groups excluding carboxylic acids is 1. The number of carboxylic acid groups (broad SMARTS) is 1. The lowest BCUT2D eigenvalue weighted by Gasteiger charge is -2.15. The number of unbranched alkanes of at least 4 members (excludes halogenated alkanes) is 2. The molecule has 0 amide bonds. The second-order valence-electron chi connectivity index (χ2n) is 6.77. The van der Waals surface area contributed by atoms with Gasteiger partial charge < -0.3 is 10.2 Å². The van der Waals surface area contributed by atoms with Crippen molar-refractivity contribution in [1.82, 2.24) is 0 Å². The summed E-state index contributed by atoms with van der Waals surface area (Å²) in [7, 11) is 0. The number of terminal acetylenes is 1. The van der Waals surface area contributed by atoms with Crippen molar-refractivity contribution in [3.8, 4) is 12.3 Å². The van der Waals surface area contributed by atoms with Gasteiger partial charge in [0.25, 0.3) is 0 Å². The Morgan fingerprint density at radius 1 is 1.42 bits per heavy atom. The summed E-state index contributed by atoms with van der Waals surface area (Å²) >= 11 is 0. The van der Waals surface area contributed by atoms with Gasteiger partial charge in [-0.3, -0.25) is 9.59 Å². The number of hydrogen-bond acceptors (Lipinski definition) is 3. The molecule has 2 N–H and O–H groups in total. The van der Waals surface area contributed by atoms with E-state index in [9.17, 15) is 14.7 Å². The minimum Gasteiger partial charge on any atom is -0.481 e. The topological polar surface area (TPSA) is 74.6 Å². The molecule has 0 saturated carbocycles. The molecule has 1 unspecified atom stereocenters. The summed E-state index contributed by atoms with van der Waals surface area (Å²) in [4.78, 5) is 22.7. The van der Waals surface area contributed by atoms with E-state index >= 15 is 0 Å². The van der Waals surface area contributed by atoms with Gasteiger partial charge in [-0.1, -0.05) is 50.0 Å². The van der Waals surface area contributed by atoms with Crippen LogP contribution >= 0.6 is 0 Å². The molecule has 0 radical (unpaired) electrons. The second-order valence-corrected chi connectivity index (χ2v) is 6.77. The van der Waals surface area contributed by atoms with Gasteiger partial charge in [-0.25, -0.2) is 0 Å². The van der Waals surface area contributed by atoms with Crippen LogP contribution in [-0.4, -0.2) is 28.1 Å². The molecule has 3 atom stereocenters. The molecule has 0 saturated heterocycles. The maximum absolute atomic E-state index is 12.2. The molecular formula is C22H30O4. The number of aliphatic hydroxyl groups excluding tert-OH is 1. The first-order chi connectivity index (χ1) is 12.5. The molecule has 0 aromatic rings. The van der Waals surface area contributed by atoms with Crippen LogP contribution in [0, 0.1) is 24.2 Å². The Labute approximate surface area is 156 Å². The van der Waals surface area contributed by atoms with Gasteiger partial charge in [0.1, 0.15) is 0 Å². The molecule has 0 aromatic heterocycles. The van der Waals surface area contributed by atoms with Gasteiger partial charge >= 0.3 is 5.97 Å². The molecule has 0 aliphatic heterocycles. The van der Waals surface area contributed by atoms with Crippen molar-refractivity contribution in [1.29, 1.82) is 0 Å². The fourth-order valence-electron chi connectivity index (χ4n) is 3.01. The van der Waals surface area contributed by atoms with Gasteiger partial charge in [0, 0.05) is 18.3 Å². The first-order valence-electron chi connectivity index (χ1n) is 9.42. The maximum atomic E-state index is 12.2. The summed E-state index contributed by atoms with van der Waals surface area (Å²) in [6, 6.07) is 0. The van der Waals surface area contributed by atoms with Crippen LogP contribution in [0.1, 0.15) is 58.3 Å². The molecule has 1 aliphatic rings. The van der Waals surface area contributed by atoms with Gasteiger partial charge in [-0.2, -0.15) is 0 Å². The molecule has 4 nitrogen and oxygen atoms in total. The first-order valence-corrected chi connectivity index (χ1v) is 9.42. The lowest BCUT2D eigenvalue weighted by molar-refractivity contribution is -0.137. The van der Waals surface area contributed by atoms with Crippen LogP contribution in [0.4, 0.5) is 0 Å². The summed E-state index contributed by atoms with van der Waals surface area (Å²) in [5.41, 5.74) is 0.749. The number of allylic oxidation sites excluding steroid dienone is 5. The van der Waals surface area contributed by atoms with Gasteiger partial charge in [0.15, 0.2) is 5.78 Å². The predicted molar refractivity (Wildman–Crippen MR) is 103 cm³/mol. The molecule has 26 heavy (non-hydrogen) atoms. The Bertz CT molecular complexity index is 592. The Morgan fingerprint density at radius 2 is 2.19 bits per heavy atom. The van der Waals surface area contributed by atoms with Crippen LogP contribution in [0.5, 0.6) is 0 Å². The zero-order chi connectivity index (χ0) is 19.4. The lowest BCUT2D eigenvalue weighted by Crippen LogP contribution is -2.15. The average molecular weight is 358 g/mol. The summed E-state index contributed by atoms with van der Waals surface area (Å²) < 4.78 is 0. The van der Waals surface area contributed by atoms with Crippen LogP contribution in [0.3, 0.4) is 0 Å². The predicted octanol–water partition coefficient (Wildman–Crippen LogP) is 4.06. The molecule has 0 heterocycles. The number of rotatable bonds is 12. The van der Waals surface area contributed by atoms with E-state index in [1.807, 2.05) is 24.3 Å². The van der Waals surface area contributed by atoms with E-state index in [1.54, 1.807) is 6.08 Å². The van der Waals surface area contributed by atoms with E-state index in [2.05, 4.69) is 12.8 Å². The van der Waals surface area contributed by atoms with Crippen LogP contribution in [0.25, 0.3) is 0 Å². The van der Waals surface area contributed by atoms with Crippen molar-refractivity contribution in [3.63, 3.8) is 0 Å². The zero-order valence-corrected chi connectivity index (χ0v) is 15.6. The highest BCUT2D eigenvalue weighted by Gasteiger charge is 2.28. The lowest BCUT2D eigenvalue weighted by atomic mass is 9.87. The third kappa shape index (κ3) is 8.31. The second kappa shape index (κ2) is 12.3. The van der Waals surface area contributed by atoms with Crippen LogP contribution in [0.2, 0.25) is 0 Å². The molecule has 0 fully saturated rings. The van der Waals surface area contributed by atoms with Crippen molar-refractivity contribution in [3.05, 3.63) is 36.0 Å². The third-order valence-electron chi connectivity index (χ3n) is 4.58. The van der Waals surface area contributed by atoms with Crippen LogP contribution in [0.15, 0.2) is 36.0 Å². The van der Waals surface area contributed by atoms with E-state index < -0.39 is 5.97 Å². The molecule has 1 rings (SSSR count). The number of hydrogen-bond donors (Lipinski definition) is 2. The quantitative estimate of drug-likeness (QED) is 0.313. The summed E-state index contributed by atoms with van der Waals surface area (Å²) in [5, 5.41) is 18.6. The molecule has 1 aliphatic carbocycles. The molecule has 0 bridgehead atoms. The SMILES string of the molecule is C#CC(=CCCCC(=O)O)C[C@H]1C(=O)C=C[C@@H]1C=CCC(O)CCCC. The molecule has 142 valence electrons. The van der Waals surface area contributed by atoms with Crippen molar-refractivity contribution in [2.45, 2.75) is 64.4 Å². The van der Waals surface area contributed by atoms with E-state index in [4.69, 9.17) is 11.5 Å². The fraction of sp³-hybridized carbons (Fsp3) is 0.545. The van der Waals surface area contributed by atoms with Gasteiger partial charge in [0.2, 0.25) is 0 Å². The normalized spacial score (nSPS) is 21.3. The monoisotopic (exact) mass is 358 g/mol. The van der Waals surface area contributed by atoms with Crippen molar-refractivity contribution in [2.75, 3.05) is 0 Å². The van der Waals surface area contributed by atoms with E-state index in [0.29, 0.717) is 25.7 Å². The molecule has 0 spiro atoms. The van der Waals surface area contributed by atoms with E-state index in [1.165, 1.54) is 0 Å². The largest absolute Gasteiger partial charge is 0.481 e. The maximum Gasteiger partial charge on any atom is 0.303 e.